The number of carbonyl (C=O) groups is 1. The standard InChI is InChI=1S/C18H24N4O2/c1-12(2)14-7-6-8-15(11-14)18(4,5)20-17(23)19-10-9-16-22-21-13(3)24-16/h6-8,11H,1,9-10H2,2-5H3,(H2,19,20,23). The van der Waals surface area contributed by atoms with Gasteiger partial charge in [0.05, 0.1) is 5.54 Å². The van der Waals surface area contributed by atoms with E-state index in [1.54, 1.807) is 6.92 Å². The number of nitrogens with zero attached hydrogens (tertiary/aromatic N) is 2. The summed E-state index contributed by atoms with van der Waals surface area (Å²) in [5.74, 6) is 1.04. The monoisotopic (exact) mass is 328 g/mol. The molecule has 24 heavy (non-hydrogen) atoms. The lowest BCUT2D eigenvalue weighted by Crippen LogP contribution is -2.46. The van der Waals surface area contributed by atoms with Crippen LogP contribution in [0.2, 0.25) is 0 Å². The topological polar surface area (TPSA) is 80.0 Å². The Hall–Kier alpha value is -2.63. The van der Waals surface area contributed by atoms with Gasteiger partial charge < -0.3 is 15.1 Å². The van der Waals surface area contributed by atoms with Crippen LogP contribution < -0.4 is 10.6 Å². The first-order valence-corrected chi connectivity index (χ1v) is 7.89. The van der Waals surface area contributed by atoms with Gasteiger partial charge in [-0.2, -0.15) is 0 Å². The van der Waals surface area contributed by atoms with Crippen LogP contribution in [0.3, 0.4) is 0 Å². The van der Waals surface area contributed by atoms with E-state index in [-0.39, 0.29) is 6.03 Å². The van der Waals surface area contributed by atoms with Gasteiger partial charge in [-0.05, 0) is 38.0 Å². The Morgan fingerprint density at radius 2 is 2.08 bits per heavy atom. The van der Waals surface area contributed by atoms with Crippen LogP contribution in [-0.2, 0) is 12.0 Å². The van der Waals surface area contributed by atoms with E-state index >= 15 is 0 Å². The number of carbonyl (C=O) groups excluding carboxylic acids is 1. The Balaban J connectivity index is 1.91. The highest BCUT2D eigenvalue weighted by Gasteiger charge is 2.23. The van der Waals surface area contributed by atoms with E-state index in [4.69, 9.17) is 4.42 Å². The van der Waals surface area contributed by atoms with E-state index in [2.05, 4.69) is 27.4 Å². The average Bonchev–Trinajstić information content (AvgIpc) is 2.92. The van der Waals surface area contributed by atoms with E-state index in [0.29, 0.717) is 24.7 Å². The zero-order valence-corrected chi connectivity index (χ0v) is 14.6. The SMILES string of the molecule is C=C(C)c1cccc(C(C)(C)NC(=O)NCCc2nnc(C)o2)c1. The molecule has 1 aromatic carbocycles. The molecule has 2 rings (SSSR count). The third-order valence-electron chi connectivity index (χ3n) is 3.70. The number of benzene rings is 1. The molecule has 0 bridgehead atoms. The minimum Gasteiger partial charge on any atom is -0.426 e. The quantitative estimate of drug-likeness (QED) is 0.853. The number of aryl methyl sites for hydroxylation is 1. The van der Waals surface area contributed by atoms with Crippen molar-refractivity contribution in [3.63, 3.8) is 0 Å². The Morgan fingerprint density at radius 1 is 1.33 bits per heavy atom. The minimum absolute atomic E-state index is 0.239. The van der Waals surface area contributed by atoms with Crippen molar-refractivity contribution in [3.8, 4) is 0 Å². The van der Waals surface area contributed by atoms with Crippen LogP contribution in [0.25, 0.3) is 5.57 Å². The Labute approximate surface area is 142 Å². The summed E-state index contributed by atoms with van der Waals surface area (Å²) in [7, 11) is 0. The van der Waals surface area contributed by atoms with E-state index in [0.717, 1.165) is 16.7 Å². The van der Waals surface area contributed by atoms with Crippen LogP contribution in [0.4, 0.5) is 4.79 Å². The van der Waals surface area contributed by atoms with Gasteiger partial charge in [0.25, 0.3) is 0 Å². The van der Waals surface area contributed by atoms with Gasteiger partial charge >= 0.3 is 6.03 Å². The van der Waals surface area contributed by atoms with Gasteiger partial charge in [-0.25, -0.2) is 4.79 Å². The first-order valence-electron chi connectivity index (χ1n) is 7.89. The number of rotatable bonds is 6. The molecule has 6 nitrogen and oxygen atoms in total. The molecule has 0 fully saturated rings. The van der Waals surface area contributed by atoms with Crippen molar-refractivity contribution >= 4 is 11.6 Å². The second-order valence-corrected chi connectivity index (χ2v) is 6.33. The van der Waals surface area contributed by atoms with Gasteiger partial charge in [0.15, 0.2) is 0 Å². The third-order valence-corrected chi connectivity index (χ3v) is 3.70. The van der Waals surface area contributed by atoms with E-state index in [1.165, 1.54) is 0 Å². The summed E-state index contributed by atoms with van der Waals surface area (Å²) in [6.07, 6.45) is 0.500. The molecule has 2 amide bonds. The van der Waals surface area contributed by atoms with Crippen LogP contribution in [0.15, 0.2) is 35.3 Å². The number of aromatic nitrogens is 2. The lowest BCUT2D eigenvalue weighted by Gasteiger charge is -2.27. The molecular formula is C18H24N4O2. The zero-order valence-electron chi connectivity index (χ0n) is 14.6. The minimum atomic E-state index is -0.503. The van der Waals surface area contributed by atoms with Crippen LogP contribution in [-0.4, -0.2) is 22.8 Å². The normalized spacial score (nSPS) is 11.2. The summed E-state index contributed by atoms with van der Waals surface area (Å²) in [6, 6.07) is 7.78. The van der Waals surface area contributed by atoms with Crippen molar-refractivity contribution in [2.75, 3.05) is 6.54 Å². The predicted molar refractivity (Wildman–Crippen MR) is 93.4 cm³/mol. The fourth-order valence-electron chi connectivity index (χ4n) is 2.30. The molecule has 2 aromatic rings. The van der Waals surface area contributed by atoms with Crippen molar-refractivity contribution in [3.05, 3.63) is 53.8 Å². The summed E-state index contributed by atoms with van der Waals surface area (Å²) < 4.78 is 5.27. The largest absolute Gasteiger partial charge is 0.426 e. The molecule has 0 unspecified atom stereocenters. The number of nitrogens with one attached hydrogen (secondary N) is 2. The Morgan fingerprint density at radius 3 is 2.71 bits per heavy atom. The maximum absolute atomic E-state index is 12.1. The molecule has 0 aliphatic heterocycles. The molecule has 0 aliphatic rings. The van der Waals surface area contributed by atoms with E-state index in [9.17, 15) is 4.79 Å². The van der Waals surface area contributed by atoms with Crippen LogP contribution in [0.1, 0.15) is 43.7 Å². The van der Waals surface area contributed by atoms with Gasteiger partial charge in [-0.1, -0.05) is 30.4 Å². The highest BCUT2D eigenvalue weighted by Crippen LogP contribution is 2.23. The molecule has 0 aliphatic carbocycles. The summed E-state index contributed by atoms with van der Waals surface area (Å²) in [5.41, 5.74) is 2.57. The van der Waals surface area contributed by atoms with Crippen LogP contribution in [0.5, 0.6) is 0 Å². The van der Waals surface area contributed by atoms with Gasteiger partial charge in [-0.15, -0.1) is 10.2 Å². The number of urea groups is 1. The Kier molecular flexibility index (Phi) is 5.39. The molecule has 1 heterocycles. The molecule has 0 saturated carbocycles. The van der Waals surface area contributed by atoms with Crippen molar-refractivity contribution < 1.29 is 9.21 Å². The molecule has 0 saturated heterocycles. The number of amides is 2. The molecule has 0 atom stereocenters. The summed E-state index contributed by atoms with van der Waals surface area (Å²) in [4.78, 5) is 12.1. The fraction of sp³-hybridized carbons (Fsp3) is 0.389. The highest BCUT2D eigenvalue weighted by molar-refractivity contribution is 5.75. The lowest BCUT2D eigenvalue weighted by molar-refractivity contribution is 0.230. The maximum atomic E-state index is 12.1. The molecule has 1 aromatic heterocycles. The summed E-state index contributed by atoms with van der Waals surface area (Å²) >= 11 is 0. The molecule has 128 valence electrons. The number of allylic oxidation sites excluding steroid dienone is 1. The molecule has 0 spiro atoms. The molecule has 0 radical (unpaired) electrons. The second kappa shape index (κ2) is 7.29. The summed E-state index contributed by atoms with van der Waals surface area (Å²) in [6.45, 7) is 12.0. The van der Waals surface area contributed by atoms with Crippen LogP contribution in [0, 0.1) is 6.92 Å². The third kappa shape index (κ3) is 4.68. The average molecular weight is 328 g/mol. The Bertz CT molecular complexity index is 734. The first kappa shape index (κ1) is 17.7. The van der Waals surface area contributed by atoms with Gasteiger partial charge in [0.2, 0.25) is 11.8 Å². The lowest BCUT2D eigenvalue weighted by atomic mass is 9.92. The predicted octanol–water partition coefficient (Wildman–Crippen LogP) is 3.19. The van der Waals surface area contributed by atoms with E-state index in [1.807, 2.05) is 45.0 Å². The van der Waals surface area contributed by atoms with Crippen LogP contribution >= 0.6 is 0 Å². The van der Waals surface area contributed by atoms with E-state index < -0.39 is 5.54 Å². The highest BCUT2D eigenvalue weighted by atomic mass is 16.4. The first-order chi connectivity index (χ1) is 11.3. The molecule has 2 N–H and O–H groups in total. The van der Waals surface area contributed by atoms with Crippen molar-refractivity contribution in [1.29, 1.82) is 0 Å². The maximum Gasteiger partial charge on any atom is 0.315 e. The van der Waals surface area contributed by atoms with Gasteiger partial charge in [0.1, 0.15) is 0 Å². The molecule has 6 heteroatoms. The van der Waals surface area contributed by atoms with Crippen molar-refractivity contribution in [2.45, 2.75) is 39.7 Å². The van der Waals surface area contributed by atoms with Gasteiger partial charge in [0, 0.05) is 19.9 Å². The van der Waals surface area contributed by atoms with Crippen molar-refractivity contribution in [1.82, 2.24) is 20.8 Å². The zero-order chi connectivity index (χ0) is 17.7. The summed E-state index contributed by atoms with van der Waals surface area (Å²) in [5, 5.41) is 13.4. The number of hydrogen-bond acceptors (Lipinski definition) is 4. The number of hydrogen-bond donors (Lipinski definition) is 2. The van der Waals surface area contributed by atoms with Crippen molar-refractivity contribution in [2.24, 2.45) is 0 Å². The smallest absolute Gasteiger partial charge is 0.315 e. The fourth-order valence-corrected chi connectivity index (χ4v) is 2.30. The second-order valence-electron chi connectivity index (χ2n) is 6.33. The molecular weight excluding hydrogens is 304 g/mol. The van der Waals surface area contributed by atoms with Gasteiger partial charge in [-0.3, -0.25) is 0 Å².